The third kappa shape index (κ3) is 4.39. The minimum absolute atomic E-state index is 0.101. The number of ketones is 1. The van der Waals surface area contributed by atoms with Gasteiger partial charge in [0.05, 0.1) is 11.9 Å². The van der Waals surface area contributed by atoms with E-state index in [9.17, 15) is 9.18 Å². The number of pyridine rings is 1. The normalized spacial score (nSPS) is 10.3. The predicted molar refractivity (Wildman–Crippen MR) is 106 cm³/mol. The van der Waals surface area contributed by atoms with E-state index in [-0.39, 0.29) is 18.0 Å². The summed E-state index contributed by atoms with van der Waals surface area (Å²) in [4.78, 5) is 18.7. The van der Waals surface area contributed by atoms with Crippen LogP contribution in [0.4, 0.5) is 15.8 Å². The Morgan fingerprint density at radius 3 is 2.70 bits per heavy atom. The lowest BCUT2D eigenvalue weighted by Crippen LogP contribution is -2.17. The van der Waals surface area contributed by atoms with Crippen LogP contribution in [0.2, 0.25) is 0 Å². The van der Waals surface area contributed by atoms with Gasteiger partial charge in [-0.05, 0) is 55.0 Å². The monoisotopic (exact) mass is 358 g/mol. The summed E-state index contributed by atoms with van der Waals surface area (Å²) < 4.78 is 14.2. The molecule has 0 unspecified atom stereocenters. The van der Waals surface area contributed by atoms with Crippen LogP contribution in [0.1, 0.15) is 28.4 Å². The first kappa shape index (κ1) is 18.3. The molecule has 0 aliphatic heterocycles. The van der Waals surface area contributed by atoms with Gasteiger partial charge in [0, 0.05) is 36.0 Å². The van der Waals surface area contributed by atoms with Crippen LogP contribution in [0.15, 0.2) is 67.0 Å². The Hall–Kier alpha value is -3.45. The number of hydrogen-bond acceptors (Lipinski definition) is 3. The summed E-state index contributed by atoms with van der Waals surface area (Å²) in [5.41, 5.74) is 3.34. The van der Waals surface area contributed by atoms with Crippen molar-refractivity contribution in [3.8, 4) is 12.3 Å². The van der Waals surface area contributed by atoms with Gasteiger partial charge in [0.25, 0.3) is 0 Å². The second-order valence-corrected chi connectivity index (χ2v) is 6.10. The maximum atomic E-state index is 14.2. The summed E-state index contributed by atoms with van der Waals surface area (Å²) in [6.07, 6.45) is 8.91. The predicted octanol–water partition coefficient (Wildman–Crippen LogP) is 4.79. The molecule has 3 aromatic rings. The standard InChI is InChI=1S/C23H19FN2O/c1-3-17-7-5-8-19(11-17)23(27)14-18-12-20(24)15-22(13-18)26(4-2)21-9-6-10-25-16-21/h1,5-13,15-16H,4,14H2,2H3. The van der Waals surface area contributed by atoms with E-state index in [2.05, 4.69) is 10.9 Å². The summed E-state index contributed by atoms with van der Waals surface area (Å²) in [7, 11) is 0. The molecule has 3 rings (SSSR count). The fourth-order valence-electron chi connectivity index (χ4n) is 2.99. The summed E-state index contributed by atoms with van der Waals surface area (Å²) >= 11 is 0. The average molecular weight is 358 g/mol. The molecule has 1 aromatic heterocycles. The topological polar surface area (TPSA) is 33.2 Å². The van der Waals surface area contributed by atoms with E-state index in [0.29, 0.717) is 28.9 Å². The van der Waals surface area contributed by atoms with Gasteiger partial charge in [-0.25, -0.2) is 4.39 Å². The maximum absolute atomic E-state index is 14.2. The van der Waals surface area contributed by atoms with E-state index in [0.717, 1.165) is 5.69 Å². The molecule has 0 amide bonds. The molecule has 0 N–H and O–H groups in total. The van der Waals surface area contributed by atoms with Crippen molar-refractivity contribution in [3.63, 3.8) is 0 Å². The third-order valence-corrected chi connectivity index (χ3v) is 4.24. The summed E-state index contributed by atoms with van der Waals surface area (Å²) in [5, 5.41) is 0. The maximum Gasteiger partial charge on any atom is 0.167 e. The van der Waals surface area contributed by atoms with Crippen LogP contribution in [-0.2, 0) is 6.42 Å². The van der Waals surface area contributed by atoms with Crippen LogP contribution in [0.3, 0.4) is 0 Å². The molecule has 3 nitrogen and oxygen atoms in total. The van der Waals surface area contributed by atoms with Crippen molar-refractivity contribution < 1.29 is 9.18 Å². The summed E-state index contributed by atoms with van der Waals surface area (Å²) in [5.74, 6) is 2.04. The Morgan fingerprint density at radius 1 is 1.15 bits per heavy atom. The number of hydrogen-bond donors (Lipinski definition) is 0. The Balaban J connectivity index is 1.89. The lowest BCUT2D eigenvalue weighted by molar-refractivity contribution is 0.0993. The molecule has 2 aromatic carbocycles. The minimum atomic E-state index is -0.380. The molecule has 0 aliphatic carbocycles. The molecule has 134 valence electrons. The first-order chi connectivity index (χ1) is 13.1. The van der Waals surface area contributed by atoms with Gasteiger partial charge in [0.2, 0.25) is 0 Å². The van der Waals surface area contributed by atoms with Gasteiger partial charge >= 0.3 is 0 Å². The number of halogens is 1. The Kier molecular flexibility index (Phi) is 5.63. The molecule has 0 atom stereocenters. The van der Waals surface area contributed by atoms with E-state index in [4.69, 9.17) is 6.42 Å². The van der Waals surface area contributed by atoms with Crippen molar-refractivity contribution in [1.29, 1.82) is 0 Å². The van der Waals surface area contributed by atoms with Crippen molar-refractivity contribution in [2.24, 2.45) is 0 Å². The molecule has 0 bridgehead atoms. The van der Waals surface area contributed by atoms with Gasteiger partial charge in [0.15, 0.2) is 5.78 Å². The average Bonchev–Trinajstić information content (AvgIpc) is 2.69. The molecule has 0 radical (unpaired) electrons. The van der Waals surface area contributed by atoms with Gasteiger partial charge < -0.3 is 4.90 Å². The van der Waals surface area contributed by atoms with Crippen molar-refractivity contribution in [2.75, 3.05) is 11.4 Å². The molecule has 27 heavy (non-hydrogen) atoms. The summed E-state index contributed by atoms with van der Waals surface area (Å²) in [6.45, 7) is 2.63. The first-order valence-electron chi connectivity index (χ1n) is 8.67. The highest BCUT2D eigenvalue weighted by atomic mass is 19.1. The fraction of sp³-hybridized carbons (Fsp3) is 0.130. The zero-order valence-electron chi connectivity index (χ0n) is 15.0. The molecule has 0 spiro atoms. The van der Waals surface area contributed by atoms with Crippen molar-refractivity contribution in [2.45, 2.75) is 13.3 Å². The number of carbonyl (C=O) groups is 1. The van der Waals surface area contributed by atoms with E-state index >= 15 is 0 Å². The first-order valence-corrected chi connectivity index (χ1v) is 8.67. The van der Waals surface area contributed by atoms with Crippen LogP contribution in [0, 0.1) is 18.2 Å². The third-order valence-electron chi connectivity index (χ3n) is 4.24. The molecule has 0 saturated heterocycles. The van der Waals surface area contributed by atoms with Gasteiger partial charge in [-0.15, -0.1) is 6.42 Å². The van der Waals surface area contributed by atoms with E-state index < -0.39 is 0 Å². The zero-order chi connectivity index (χ0) is 19.2. The van der Waals surface area contributed by atoms with Crippen molar-refractivity contribution in [1.82, 2.24) is 4.98 Å². The highest BCUT2D eigenvalue weighted by Crippen LogP contribution is 2.26. The molecule has 4 heteroatoms. The smallest absolute Gasteiger partial charge is 0.167 e. The number of rotatable bonds is 6. The van der Waals surface area contributed by atoms with Gasteiger partial charge in [-0.2, -0.15) is 0 Å². The number of benzene rings is 2. The second kappa shape index (κ2) is 8.29. The SMILES string of the molecule is C#Cc1cccc(C(=O)Cc2cc(F)cc(N(CC)c3cccnc3)c2)c1. The lowest BCUT2D eigenvalue weighted by Gasteiger charge is -2.23. The second-order valence-electron chi connectivity index (χ2n) is 6.10. The van der Waals surface area contributed by atoms with Crippen LogP contribution in [0.25, 0.3) is 0 Å². The largest absolute Gasteiger partial charge is 0.340 e. The number of nitrogens with zero attached hydrogens (tertiary/aromatic N) is 2. The Bertz CT molecular complexity index is 993. The van der Waals surface area contributed by atoms with E-state index in [1.54, 1.807) is 36.7 Å². The van der Waals surface area contributed by atoms with Crippen molar-refractivity contribution in [3.05, 3.63) is 89.5 Å². The number of anilines is 2. The van der Waals surface area contributed by atoms with Gasteiger partial charge in [0.1, 0.15) is 5.82 Å². The van der Waals surface area contributed by atoms with Gasteiger partial charge in [-0.3, -0.25) is 9.78 Å². The fourth-order valence-corrected chi connectivity index (χ4v) is 2.99. The van der Waals surface area contributed by atoms with Crippen molar-refractivity contribution >= 4 is 17.2 Å². The van der Waals surface area contributed by atoms with Crippen LogP contribution in [0.5, 0.6) is 0 Å². The molecular formula is C23H19FN2O. The van der Waals surface area contributed by atoms with Crippen LogP contribution < -0.4 is 4.90 Å². The molecule has 0 fully saturated rings. The zero-order valence-corrected chi connectivity index (χ0v) is 15.0. The Labute approximate surface area is 158 Å². The number of terminal acetylenes is 1. The van der Waals surface area contributed by atoms with E-state index in [1.807, 2.05) is 30.0 Å². The number of aromatic nitrogens is 1. The highest BCUT2D eigenvalue weighted by Gasteiger charge is 2.13. The van der Waals surface area contributed by atoms with Gasteiger partial charge in [-0.1, -0.05) is 18.1 Å². The minimum Gasteiger partial charge on any atom is -0.340 e. The number of Topliss-reactive ketones (excluding diaryl/α,β-unsaturated/α-hetero) is 1. The molecule has 0 saturated carbocycles. The number of carbonyl (C=O) groups excluding carboxylic acids is 1. The molecular weight excluding hydrogens is 339 g/mol. The molecule has 1 heterocycles. The quantitative estimate of drug-likeness (QED) is 0.469. The Morgan fingerprint density at radius 2 is 2.00 bits per heavy atom. The van der Waals surface area contributed by atoms with E-state index in [1.165, 1.54) is 12.1 Å². The lowest BCUT2D eigenvalue weighted by atomic mass is 10.0. The van der Waals surface area contributed by atoms with Crippen LogP contribution >= 0.6 is 0 Å². The highest BCUT2D eigenvalue weighted by molar-refractivity contribution is 5.98. The molecule has 0 aliphatic rings. The summed E-state index contributed by atoms with van der Waals surface area (Å²) in [6, 6.07) is 15.4. The van der Waals surface area contributed by atoms with Crippen LogP contribution in [-0.4, -0.2) is 17.3 Å².